The van der Waals surface area contributed by atoms with E-state index in [2.05, 4.69) is 17.9 Å². The first-order chi connectivity index (χ1) is 12.8. The number of thiol groups is 1. The summed E-state index contributed by atoms with van der Waals surface area (Å²) in [7, 11) is 0. The number of ketones is 1. The van der Waals surface area contributed by atoms with Gasteiger partial charge in [-0.05, 0) is 42.9 Å². The van der Waals surface area contributed by atoms with Crippen molar-refractivity contribution in [1.29, 1.82) is 0 Å². The second-order valence-corrected chi connectivity index (χ2v) is 7.20. The van der Waals surface area contributed by atoms with Crippen molar-refractivity contribution in [2.24, 2.45) is 0 Å². The summed E-state index contributed by atoms with van der Waals surface area (Å²) in [6.45, 7) is 0.992. The molecule has 1 N–H and O–H groups in total. The third kappa shape index (κ3) is 7.65. The minimum absolute atomic E-state index is 0.0755. The van der Waals surface area contributed by atoms with E-state index in [9.17, 15) is 4.79 Å². The number of carbonyl (C=O) groups is 1. The Hall–Kier alpha value is -1.74. The molecule has 3 heteroatoms. The van der Waals surface area contributed by atoms with Crippen molar-refractivity contribution in [2.75, 3.05) is 17.6 Å². The molecule has 0 spiro atoms. The SMILES string of the molecule is O=C(c1ccccc1)c1ccc(NCCCCCCCCCCS)cc1. The largest absolute Gasteiger partial charge is 0.385 e. The highest BCUT2D eigenvalue weighted by molar-refractivity contribution is 7.80. The Morgan fingerprint density at radius 3 is 1.85 bits per heavy atom. The molecule has 140 valence electrons. The van der Waals surface area contributed by atoms with Gasteiger partial charge in [-0.1, -0.05) is 68.9 Å². The summed E-state index contributed by atoms with van der Waals surface area (Å²) in [5.74, 6) is 1.10. The van der Waals surface area contributed by atoms with Crippen LogP contribution >= 0.6 is 12.6 Å². The molecule has 0 radical (unpaired) electrons. The first kappa shape index (κ1) is 20.6. The van der Waals surface area contributed by atoms with Gasteiger partial charge in [0.15, 0.2) is 5.78 Å². The molecule has 0 heterocycles. The van der Waals surface area contributed by atoms with Crippen molar-refractivity contribution in [3.8, 4) is 0 Å². The molecule has 26 heavy (non-hydrogen) atoms. The molecule has 2 rings (SSSR count). The summed E-state index contributed by atoms with van der Waals surface area (Å²) in [4.78, 5) is 12.4. The van der Waals surface area contributed by atoms with Gasteiger partial charge in [-0.15, -0.1) is 0 Å². The van der Waals surface area contributed by atoms with Crippen LogP contribution < -0.4 is 5.32 Å². The van der Waals surface area contributed by atoms with Crippen molar-refractivity contribution in [2.45, 2.75) is 51.4 Å². The van der Waals surface area contributed by atoms with Crippen molar-refractivity contribution >= 4 is 24.1 Å². The van der Waals surface area contributed by atoms with Crippen LogP contribution in [0.4, 0.5) is 5.69 Å². The second kappa shape index (κ2) is 12.6. The Morgan fingerprint density at radius 1 is 0.692 bits per heavy atom. The molecule has 0 atom stereocenters. The Morgan fingerprint density at radius 2 is 1.23 bits per heavy atom. The van der Waals surface area contributed by atoms with Crippen LogP contribution in [0.5, 0.6) is 0 Å². The molecular weight excluding hydrogens is 338 g/mol. The van der Waals surface area contributed by atoms with Crippen molar-refractivity contribution in [3.63, 3.8) is 0 Å². The third-order valence-electron chi connectivity index (χ3n) is 4.60. The van der Waals surface area contributed by atoms with Crippen LogP contribution in [-0.2, 0) is 0 Å². The Balaban J connectivity index is 1.60. The molecule has 0 aliphatic rings. The Labute approximate surface area is 163 Å². The van der Waals surface area contributed by atoms with Crippen LogP contribution in [0, 0.1) is 0 Å². The highest BCUT2D eigenvalue weighted by Gasteiger charge is 2.07. The first-order valence-corrected chi connectivity index (χ1v) is 10.5. The van der Waals surface area contributed by atoms with Gasteiger partial charge >= 0.3 is 0 Å². The van der Waals surface area contributed by atoms with E-state index in [1.807, 2.05) is 54.6 Å². The van der Waals surface area contributed by atoms with Crippen LogP contribution in [-0.4, -0.2) is 18.1 Å². The Kier molecular flexibility index (Phi) is 9.96. The van der Waals surface area contributed by atoms with Crippen molar-refractivity contribution in [3.05, 3.63) is 65.7 Å². The van der Waals surface area contributed by atoms with E-state index >= 15 is 0 Å². The summed E-state index contributed by atoms with van der Waals surface area (Å²) >= 11 is 4.24. The molecule has 0 saturated carbocycles. The lowest BCUT2D eigenvalue weighted by molar-refractivity contribution is 0.103. The van der Waals surface area contributed by atoms with Gasteiger partial charge in [-0.25, -0.2) is 0 Å². The summed E-state index contributed by atoms with van der Waals surface area (Å²) in [6.07, 6.45) is 10.4. The van der Waals surface area contributed by atoms with E-state index in [1.165, 1.54) is 51.4 Å². The number of benzene rings is 2. The predicted octanol–water partition coefficient (Wildman–Crippen LogP) is 6.38. The summed E-state index contributed by atoms with van der Waals surface area (Å²) in [5.41, 5.74) is 2.56. The molecule has 0 aliphatic heterocycles. The summed E-state index contributed by atoms with van der Waals surface area (Å²) < 4.78 is 0. The standard InChI is InChI=1S/C23H31NOS/c25-23(20-12-8-7-9-13-20)21-14-16-22(17-15-21)24-18-10-5-3-1-2-4-6-11-19-26/h7-9,12-17,24,26H,1-6,10-11,18-19H2. The van der Waals surface area contributed by atoms with Crippen LogP contribution in [0.1, 0.15) is 67.3 Å². The van der Waals surface area contributed by atoms with Gasteiger partial charge in [0.2, 0.25) is 0 Å². The normalized spacial score (nSPS) is 10.7. The van der Waals surface area contributed by atoms with Gasteiger partial charge in [0.25, 0.3) is 0 Å². The zero-order chi connectivity index (χ0) is 18.5. The number of carbonyl (C=O) groups excluding carboxylic acids is 1. The van der Waals surface area contributed by atoms with Crippen LogP contribution in [0.25, 0.3) is 0 Å². The van der Waals surface area contributed by atoms with Gasteiger partial charge in [-0.3, -0.25) is 4.79 Å². The number of hydrogen-bond donors (Lipinski definition) is 2. The highest BCUT2D eigenvalue weighted by Crippen LogP contribution is 2.14. The monoisotopic (exact) mass is 369 g/mol. The van der Waals surface area contributed by atoms with Gasteiger partial charge in [0, 0.05) is 23.4 Å². The summed E-state index contributed by atoms with van der Waals surface area (Å²) in [6, 6.07) is 17.2. The molecule has 0 saturated heterocycles. The lowest BCUT2D eigenvalue weighted by atomic mass is 10.0. The average molecular weight is 370 g/mol. The minimum atomic E-state index is 0.0755. The fourth-order valence-electron chi connectivity index (χ4n) is 3.03. The Bertz CT molecular complexity index is 624. The van der Waals surface area contributed by atoms with Gasteiger partial charge in [0.1, 0.15) is 0 Å². The molecular formula is C23H31NOS. The summed E-state index contributed by atoms with van der Waals surface area (Å²) in [5, 5.41) is 3.45. The van der Waals surface area contributed by atoms with Gasteiger partial charge in [0.05, 0.1) is 0 Å². The molecule has 2 aromatic carbocycles. The topological polar surface area (TPSA) is 29.1 Å². The maximum atomic E-state index is 12.4. The number of nitrogens with one attached hydrogen (secondary N) is 1. The van der Waals surface area contributed by atoms with Crippen molar-refractivity contribution in [1.82, 2.24) is 0 Å². The quantitative estimate of drug-likeness (QED) is 0.244. The molecule has 0 unspecified atom stereocenters. The van der Waals surface area contributed by atoms with E-state index in [-0.39, 0.29) is 5.78 Å². The molecule has 0 aliphatic carbocycles. The smallest absolute Gasteiger partial charge is 0.193 e. The molecule has 0 amide bonds. The lowest BCUT2D eigenvalue weighted by Gasteiger charge is -2.08. The van der Waals surface area contributed by atoms with Crippen LogP contribution in [0.15, 0.2) is 54.6 Å². The molecule has 2 aromatic rings. The lowest BCUT2D eigenvalue weighted by Crippen LogP contribution is -2.03. The van der Waals surface area contributed by atoms with Crippen molar-refractivity contribution < 1.29 is 4.79 Å². The van der Waals surface area contributed by atoms with E-state index in [4.69, 9.17) is 0 Å². The average Bonchev–Trinajstić information content (AvgIpc) is 2.70. The zero-order valence-corrected chi connectivity index (χ0v) is 16.5. The molecule has 0 fully saturated rings. The van der Waals surface area contributed by atoms with E-state index in [1.54, 1.807) is 0 Å². The second-order valence-electron chi connectivity index (χ2n) is 6.75. The van der Waals surface area contributed by atoms with E-state index in [0.29, 0.717) is 0 Å². The number of hydrogen-bond acceptors (Lipinski definition) is 3. The minimum Gasteiger partial charge on any atom is -0.385 e. The van der Waals surface area contributed by atoms with Gasteiger partial charge in [-0.2, -0.15) is 12.6 Å². The van der Waals surface area contributed by atoms with Crippen LogP contribution in [0.3, 0.4) is 0 Å². The predicted molar refractivity (Wildman–Crippen MR) is 116 cm³/mol. The fourth-order valence-corrected chi connectivity index (χ4v) is 3.25. The van der Waals surface area contributed by atoms with E-state index < -0.39 is 0 Å². The zero-order valence-electron chi connectivity index (χ0n) is 15.6. The van der Waals surface area contributed by atoms with Gasteiger partial charge < -0.3 is 5.32 Å². The molecule has 2 nitrogen and oxygen atoms in total. The number of rotatable bonds is 13. The number of anilines is 1. The highest BCUT2D eigenvalue weighted by atomic mass is 32.1. The maximum Gasteiger partial charge on any atom is 0.193 e. The molecule has 0 aromatic heterocycles. The van der Waals surface area contributed by atoms with Crippen LogP contribution in [0.2, 0.25) is 0 Å². The first-order valence-electron chi connectivity index (χ1n) is 9.86. The fraction of sp³-hybridized carbons (Fsp3) is 0.435. The maximum absolute atomic E-state index is 12.4. The third-order valence-corrected chi connectivity index (χ3v) is 4.91. The molecule has 0 bridgehead atoms. The van der Waals surface area contributed by atoms with E-state index in [0.717, 1.165) is 29.1 Å². The number of unbranched alkanes of at least 4 members (excludes halogenated alkanes) is 7.